The summed E-state index contributed by atoms with van der Waals surface area (Å²) < 4.78 is 13.2. The van der Waals surface area contributed by atoms with Crippen molar-refractivity contribution in [2.45, 2.75) is 39.2 Å². The van der Waals surface area contributed by atoms with Crippen molar-refractivity contribution in [3.63, 3.8) is 0 Å². The van der Waals surface area contributed by atoms with Crippen LogP contribution < -0.4 is 15.2 Å². The van der Waals surface area contributed by atoms with Crippen LogP contribution in [0.4, 0.5) is 0 Å². The zero-order valence-corrected chi connectivity index (χ0v) is 11.9. The van der Waals surface area contributed by atoms with Crippen LogP contribution in [-0.4, -0.2) is 22.9 Å². The Labute approximate surface area is 118 Å². The summed E-state index contributed by atoms with van der Waals surface area (Å²) in [5.74, 6) is 2.75. The van der Waals surface area contributed by atoms with Crippen LogP contribution in [0.15, 0.2) is 12.1 Å². The quantitative estimate of drug-likeness (QED) is 0.879. The lowest BCUT2D eigenvalue weighted by Gasteiger charge is -2.08. The number of unbranched alkanes of at least 4 members (excludes halogenated alkanes) is 1. The van der Waals surface area contributed by atoms with Crippen molar-refractivity contribution >= 4 is 11.0 Å². The third-order valence-electron chi connectivity index (χ3n) is 3.66. The van der Waals surface area contributed by atoms with Crippen LogP contribution in [0.1, 0.15) is 32.0 Å². The van der Waals surface area contributed by atoms with Gasteiger partial charge in [0.2, 0.25) is 6.79 Å². The van der Waals surface area contributed by atoms with E-state index in [1.54, 1.807) is 0 Å². The molecular weight excluding hydrogens is 254 g/mol. The maximum Gasteiger partial charge on any atom is 0.231 e. The van der Waals surface area contributed by atoms with Gasteiger partial charge in [0.15, 0.2) is 11.5 Å². The first-order chi connectivity index (χ1) is 9.83. The van der Waals surface area contributed by atoms with Gasteiger partial charge in [0.25, 0.3) is 0 Å². The zero-order valence-electron chi connectivity index (χ0n) is 11.9. The van der Waals surface area contributed by atoms with E-state index >= 15 is 0 Å². The van der Waals surface area contributed by atoms with Gasteiger partial charge in [-0.25, -0.2) is 4.98 Å². The third-order valence-corrected chi connectivity index (χ3v) is 3.66. The first kappa shape index (κ1) is 13.2. The maximum absolute atomic E-state index is 5.65. The summed E-state index contributed by atoms with van der Waals surface area (Å²) in [5, 5.41) is 0. The Morgan fingerprint density at radius 3 is 2.80 bits per heavy atom. The van der Waals surface area contributed by atoms with Crippen molar-refractivity contribution in [2.75, 3.05) is 13.3 Å². The Balaban J connectivity index is 2.03. The molecule has 0 amide bonds. The molecular formula is C15H21N3O2. The molecule has 0 spiro atoms. The van der Waals surface area contributed by atoms with Crippen LogP contribution in [0.2, 0.25) is 0 Å². The van der Waals surface area contributed by atoms with E-state index in [4.69, 9.17) is 20.2 Å². The molecule has 5 heteroatoms. The van der Waals surface area contributed by atoms with Crippen molar-refractivity contribution in [3.05, 3.63) is 18.0 Å². The van der Waals surface area contributed by atoms with E-state index in [1.165, 1.54) is 6.42 Å². The number of imidazole rings is 1. The largest absolute Gasteiger partial charge is 0.454 e. The topological polar surface area (TPSA) is 62.3 Å². The molecule has 2 N–H and O–H groups in total. The van der Waals surface area contributed by atoms with Gasteiger partial charge in [0.05, 0.1) is 11.0 Å². The monoisotopic (exact) mass is 275 g/mol. The lowest BCUT2D eigenvalue weighted by molar-refractivity contribution is 0.174. The molecule has 0 aliphatic carbocycles. The van der Waals surface area contributed by atoms with Crippen molar-refractivity contribution in [3.8, 4) is 11.5 Å². The highest BCUT2D eigenvalue weighted by molar-refractivity contribution is 5.81. The van der Waals surface area contributed by atoms with Gasteiger partial charge in [-0.15, -0.1) is 0 Å². The summed E-state index contributed by atoms with van der Waals surface area (Å²) in [6.45, 7) is 4.10. The number of rotatable bonds is 6. The molecule has 20 heavy (non-hydrogen) atoms. The standard InChI is InChI=1S/C15H21N3O2/c1-2-3-5-15-17-11-8-13-14(20-10-19-13)9-12(11)18(15)7-4-6-16/h8-9H,2-7,10,16H2,1H3. The lowest BCUT2D eigenvalue weighted by Crippen LogP contribution is -2.09. The molecule has 0 bridgehead atoms. The molecule has 0 atom stereocenters. The van der Waals surface area contributed by atoms with Gasteiger partial charge in [0.1, 0.15) is 5.82 Å². The van der Waals surface area contributed by atoms with Gasteiger partial charge in [0, 0.05) is 25.1 Å². The normalized spacial score (nSPS) is 13.3. The molecule has 1 aromatic heterocycles. The van der Waals surface area contributed by atoms with Gasteiger partial charge < -0.3 is 19.8 Å². The van der Waals surface area contributed by atoms with E-state index in [1.807, 2.05) is 12.1 Å². The molecule has 108 valence electrons. The highest BCUT2D eigenvalue weighted by Crippen LogP contribution is 2.36. The van der Waals surface area contributed by atoms with E-state index < -0.39 is 0 Å². The summed E-state index contributed by atoms with van der Waals surface area (Å²) in [6.07, 6.45) is 4.28. The van der Waals surface area contributed by atoms with Crippen LogP contribution in [-0.2, 0) is 13.0 Å². The minimum atomic E-state index is 0.299. The second-order valence-corrected chi connectivity index (χ2v) is 5.12. The first-order valence-electron chi connectivity index (χ1n) is 7.32. The first-order valence-corrected chi connectivity index (χ1v) is 7.32. The smallest absolute Gasteiger partial charge is 0.231 e. The van der Waals surface area contributed by atoms with Gasteiger partial charge in [-0.1, -0.05) is 13.3 Å². The summed E-state index contributed by atoms with van der Waals surface area (Å²) in [5.41, 5.74) is 7.75. The minimum absolute atomic E-state index is 0.299. The highest BCUT2D eigenvalue weighted by atomic mass is 16.7. The molecule has 2 aromatic rings. The number of fused-ring (bicyclic) bond motifs is 2. The summed E-state index contributed by atoms with van der Waals surface area (Å²) in [7, 11) is 0. The van der Waals surface area contributed by atoms with Crippen molar-refractivity contribution < 1.29 is 9.47 Å². The number of ether oxygens (including phenoxy) is 2. The molecule has 2 heterocycles. The molecule has 3 rings (SSSR count). The summed E-state index contributed by atoms with van der Waals surface area (Å²) in [4.78, 5) is 4.77. The minimum Gasteiger partial charge on any atom is -0.454 e. The van der Waals surface area contributed by atoms with Crippen LogP contribution in [0, 0.1) is 0 Å². The fraction of sp³-hybridized carbons (Fsp3) is 0.533. The maximum atomic E-state index is 5.65. The van der Waals surface area contributed by atoms with E-state index in [0.717, 1.165) is 54.2 Å². The van der Waals surface area contributed by atoms with Gasteiger partial charge >= 0.3 is 0 Å². The molecule has 1 aromatic carbocycles. The summed E-state index contributed by atoms with van der Waals surface area (Å²) in [6, 6.07) is 4.02. The summed E-state index contributed by atoms with van der Waals surface area (Å²) >= 11 is 0. The second-order valence-electron chi connectivity index (χ2n) is 5.12. The number of hydrogen-bond donors (Lipinski definition) is 1. The lowest BCUT2D eigenvalue weighted by atomic mass is 10.2. The molecule has 0 saturated heterocycles. The van der Waals surface area contributed by atoms with Gasteiger partial charge in [-0.3, -0.25) is 0 Å². The molecule has 0 radical (unpaired) electrons. The van der Waals surface area contributed by atoms with Crippen LogP contribution in [0.5, 0.6) is 11.5 Å². The van der Waals surface area contributed by atoms with Crippen LogP contribution in [0.25, 0.3) is 11.0 Å². The van der Waals surface area contributed by atoms with Crippen molar-refractivity contribution in [1.29, 1.82) is 0 Å². The highest BCUT2D eigenvalue weighted by Gasteiger charge is 2.18. The van der Waals surface area contributed by atoms with E-state index in [9.17, 15) is 0 Å². The number of benzene rings is 1. The molecule has 0 fully saturated rings. The molecule has 1 aliphatic heterocycles. The number of nitrogens with two attached hydrogens (primary N) is 1. The number of aromatic nitrogens is 2. The van der Waals surface area contributed by atoms with Gasteiger partial charge in [-0.05, 0) is 19.4 Å². The van der Waals surface area contributed by atoms with Crippen molar-refractivity contribution in [1.82, 2.24) is 9.55 Å². The molecule has 0 unspecified atom stereocenters. The Kier molecular flexibility index (Phi) is 3.78. The Bertz CT molecular complexity index is 607. The number of aryl methyl sites for hydroxylation is 2. The van der Waals surface area contributed by atoms with E-state index in [-0.39, 0.29) is 0 Å². The average Bonchev–Trinajstić information content (AvgIpc) is 3.03. The van der Waals surface area contributed by atoms with E-state index in [2.05, 4.69) is 11.5 Å². The average molecular weight is 275 g/mol. The predicted octanol–water partition coefficient (Wildman–Crippen LogP) is 2.46. The molecule has 5 nitrogen and oxygen atoms in total. The molecule has 0 saturated carbocycles. The Morgan fingerprint density at radius 1 is 1.25 bits per heavy atom. The van der Waals surface area contributed by atoms with Crippen molar-refractivity contribution in [2.24, 2.45) is 5.73 Å². The number of nitrogens with zero attached hydrogens (tertiary/aromatic N) is 2. The fourth-order valence-corrected chi connectivity index (χ4v) is 2.59. The predicted molar refractivity (Wildman–Crippen MR) is 78.1 cm³/mol. The Morgan fingerprint density at radius 2 is 2.05 bits per heavy atom. The molecule has 1 aliphatic rings. The third kappa shape index (κ3) is 2.33. The number of hydrogen-bond acceptors (Lipinski definition) is 4. The van der Waals surface area contributed by atoms with Crippen LogP contribution in [0.3, 0.4) is 0 Å². The zero-order chi connectivity index (χ0) is 13.9. The SMILES string of the molecule is CCCCc1nc2cc3c(cc2n1CCCN)OCO3. The Hall–Kier alpha value is -1.75. The second kappa shape index (κ2) is 5.71. The fourth-order valence-electron chi connectivity index (χ4n) is 2.59. The van der Waals surface area contributed by atoms with Gasteiger partial charge in [-0.2, -0.15) is 0 Å². The van der Waals surface area contributed by atoms with E-state index in [0.29, 0.717) is 13.3 Å². The van der Waals surface area contributed by atoms with Crippen LogP contribution >= 0.6 is 0 Å².